The summed E-state index contributed by atoms with van der Waals surface area (Å²) in [5.41, 5.74) is 2.31. The Bertz CT molecular complexity index is 910. The lowest BCUT2D eigenvalue weighted by atomic mass is 9.68. The molecule has 1 aromatic heterocycles. The van der Waals surface area contributed by atoms with Crippen molar-refractivity contribution in [2.45, 2.75) is 37.3 Å². The Kier molecular flexibility index (Phi) is 4.50. The number of hydrogen-bond donors (Lipinski definition) is 0. The molecule has 2 aromatic rings. The molecule has 0 amide bonds. The average molecular weight is 365 g/mol. The van der Waals surface area contributed by atoms with Crippen molar-refractivity contribution in [3.8, 4) is 11.1 Å². The molecule has 2 aliphatic carbocycles. The molecule has 0 N–H and O–H groups in total. The van der Waals surface area contributed by atoms with Gasteiger partial charge < -0.3 is 0 Å². The maximum absolute atomic E-state index is 14.0. The van der Waals surface area contributed by atoms with Crippen LogP contribution in [0.25, 0.3) is 17.2 Å². The standard InChI is InChI=1S/C23H21F2NO/c1-2-23(25)12-18(13-23)22(27)11-16-4-3-5-21-20(16)10-17(14-26-21)15-6-8-19(24)9-7-15/h2-3,5-10,14,16,18H,1,4,11-13H2. The first-order valence-electron chi connectivity index (χ1n) is 9.25. The van der Waals surface area contributed by atoms with Crippen LogP contribution < -0.4 is 0 Å². The molecule has 138 valence electrons. The fraction of sp³-hybridized carbons (Fsp3) is 0.304. The molecule has 4 heteroatoms. The lowest BCUT2D eigenvalue weighted by Crippen LogP contribution is -2.42. The van der Waals surface area contributed by atoms with Gasteiger partial charge in [-0.2, -0.15) is 0 Å². The predicted octanol–water partition coefficient (Wildman–Crippen LogP) is 5.65. The van der Waals surface area contributed by atoms with Gasteiger partial charge in [0.1, 0.15) is 17.3 Å². The highest BCUT2D eigenvalue weighted by atomic mass is 19.1. The van der Waals surface area contributed by atoms with E-state index in [0.717, 1.165) is 28.8 Å². The van der Waals surface area contributed by atoms with Crippen LogP contribution in [-0.2, 0) is 4.79 Å². The van der Waals surface area contributed by atoms with Gasteiger partial charge in [-0.05, 0) is 60.6 Å². The van der Waals surface area contributed by atoms with Crippen molar-refractivity contribution >= 4 is 11.9 Å². The zero-order valence-electron chi connectivity index (χ0n) is 15.0. The number of fused-ring (bicyclic) bond motifs is 1. The second kappa shape index (κ2) is 6.84. The van der Waals surface area contributed by atoms with Crippen LogP contribution in [-0.4, -0.2) is 16.4 Å². The van der Waals surface area contributed by atoms with Crippen LogP contribution in [0, 0.1) is 11.7 Å². The highest BCUT2D eigenvalue weighted by Crippen LogP contribution is 2.44. The van der Waals surface area contributed by atoms with E-state index < -0.39 is 5.67 Å². The summed E-state index contributed by atoms with van der Waals surface area (Å²) in [6, 6.07) is 8.34. The van der Waals surface area contributed by atoms with Crippen LogP contribution in [0.4, 0.5) is 8.78 Å². The summed E-state index contributed by atoms with van der Waals surface area (Å²) < 4.78 is 27.2. The number of pyridine rings is 1. The number of carbonyl (C=O) groups excluding carboxylic acids is 1. The number of carbonyl (C=O) groups is 1. The SMILES string of the molecule is C=CC1(F)CC(C(=O)CC2CC=Cc3ncc(-c4ccc(F)cc4)cc32)C1. The summed E-state index contributed by atoms with van der Waals surface area (Å²) in [7, 11) is 0. The Balaban J connectivity index is 1.54. The largest absolute Gasteiger partial charge is 0.299 e. The van der Waals surface area contributed by atoms with Crippen LogP contribution in [0.5, 0.6) is 0 Å². The van der Waals surface area contributed by atoms with Crippen LogP contribution in [0.3, 0.4) is 0 Å². The monoisotopic (exact) mass is 365 g/mol. The summed E-state index contributed by atoms with van der Waals surface area (Å²) in [5.74, 6) is -0.331. The van der Waals surface area contributed by atoms with E-state index in [1.165, 1.54) is 18.2 Å². The third-order valence-corrected chi connectivity index (χ3v) is 5.70. The minimum absolute atomic E-state index is 0.0451. The van der Waals surface area contributed by atoms with Crippen LogP contribution in [0.2, 0.25) is 0 Å². The van der Waals surface area contributed by atoms with E-state index >= 15 is 0 Å². The van der Waals surface area contributed by atoms with E-state index in [1.807, 2.05) is 18.2 Å². The molecule has 1 atom stereocenters. The normalized spacial score (nSPS) is 26.1. The predicted molar refractivity (Wildman–Crippen MR) is 102 cm³/mol. The van der Waals surface area contributed by atoms with Gasteiger partial charge in [0.25, 0.3) is 0 Å². The minimum atomic E-state index is -1.37. The molecule has 0 aliphatic heterocycles. The number of benzene rings is 1. The first-order valence-corrected chi connectivity index (χ1v) is 9.25. The Morgan fingerprint density at radius 2 is 2.00 bits per heavy atom. The Labute approximate surface area is 157 Å². The second-order valence-electron chi connectivity index (χ2n) is 7.55. The van der Waals surface area contributed by atoms with Gasteiger partial charge in [-0.25, -0.2) is 8.78 Å². The topological polar surface area (TPSA) is 30.0 Å². The Morgan fingerprint density at radius 1 is 1.26 bits per heavy atom. The quantitative estimate of drug-likeness (QED) is 0.641. The molecule has 1 saturated carbocycles. The van der Waals surface area contributed by atoms with E-state index in [1.54, 1.807) is 18.3 Å². The molecule has 1 unspecified atom stereocenters. The number of halogens is 2. The molecule has 1 heterocycles. The van der Waals surface area contributed by atoms with Crippen molar-refractivity contribution in [3.63, 3.8) is 0 Å². The number of rotatable bonds is 5. The Morgan fingerprint density at radius 3 is 2.70 bits per heavy atom. The molecule has 27 heavy (non-hydrogen) atoms. The van der Waals surface area contributed by atoms with E-state index in [9.17, 15) is 13.6 Å². The van der Waals surface area contributed by atoms with E-state index in [4.69, 9.17) is 0 Å². The summed E-state index contributed by atoms with van der Waals surface area (Å²) in [5, 5.41) is 0. The third-order valence-electron chi connectivity index (χ3n) is 5.70. The number of alkyl halides is 1. The van der Waals surface area contributed by atoms with Crippen molar-refractivity contribution in [1.82, 2.24) is 4.98 Å². The van der Waals surface area contributed by atoms with Crippen molar-refractivity contribution in [2.24, 2.45) is 5.92 Å². The highest BCUT2D eigenvalue weighted by molar-refractivity contribution is 5.83. The molecule has 0 radical (unpaired) electrons. The molecular formula is C23H21F2NO. The second-order valence-corrected chi connectivity index (χ2v) is 7.55. The van der Waals surface area contributed by atoms with Gasteiger partial charge in [0.2, 0.25) is 0 Å². The van der Waals surface area contributed by atoms with Crippen molar-refractivity contribution in [1.29, 1.82) is 0 Å². The van der Waals surface area contributed by atoms with Crippen LogP contribution in [0.1, 0.15) is 42.9 Å². The van der Waals surface area contributed by atoms with Crippen molar-refractivity contribution in [2.75, 3.05) is 0 Å². The number of allylic oxidation sites excluding steroid dienone is 2. The van der Waals surface area contributed by atoms with Crippen molar-refractivity contribution < 1.29 is 13.6 Å². The molecule has 0 saturated heterocycles. The van der Waals surface area contributed by atoms with Crippen LogP contribution in [0.15, 0.2) is 55.3 Å². The molecular weight excluding hydrogens is 344 g/mol. The van der Waals surface area contributed by atoms with Gasteiger partial charge in [0.05, 0.1) is 5.69 Å². The molecule has 2 nitrogen and oxygen atoms in total. The minimum Gasteiger partial charge on any atom is -0.299 e. The number of ketones is 1. The summed E-state index contributed by atoms with van der Waals surface area (Å²) in [6.07, 6.45) is 8.75. The van der Waals surface area contributed by atoms with E-state index in [2.05, 4.69) is 11.6 Å². The number of Topliss-reactive ketones (excluding diaryl/α,β-unsaturated/α-hetero) is 1. The number of hydrogen-bond acceptors (Lipinski definition) is 2. The van der Waals surface area contributed by atoms with Gasteiger partial charge in [0, 0.05) is 24.1 Å². The number of aromatic nitrogens is 1. The third kappa shape index (κ3) is 3.48. The highest BCUT2D eigenvalue weighted by Gasteiger charge is 2.45. The molecule has 1 aromatic carbocycles. The van der Waals surface area contributed by atoms with Gasteiger partial charge >= 0.3 is 0 Å². The first-order chi connectivity index (χ1) is 13.0. The van der Waals surface area contributed by atoms with E-state index in [0.29, 0.717) is 6.42 Å². The fourth-order valence-corrected chi connectivity index (χ4v) is 3.99. The van der Waals surface area contributed by atoms with Gasteiger partial charge in [-0.15, -0.1) is 0 Å². The van der Waals surface area contributed by atoms with Crippen LogP contribution >= 0.6 is 0 Å². The maximum Gasteiger partial charge on any atom is 0.136 e. The molecule has 1 fully saturated rings. The Hall–Kier alpha value is -2.62. The maximum atomic E-state index is 14.0. The lowest BCUT2D eigenvalue weighted by molar-refractivity contribution is -0.130. The van der Waals surface area contributed by atoms with Crippen molar-refractivity contribution in [3.05, 3.63) is 72.3 Å². The van der Waals surface area contributed by atoms with Gasteiger partial charge in [-0.1, -0.05) is 30.9 Å². The molecule has 0 spiro atoms. The van der Waals surface area contributed by atoms with E-state index in [-0.39, 0.29) is 36.3 Å². The molecule has 2 aliphatic rings. The summed E-state index contributed by atoms with van der Waals surface area (Å²) >= 11 is 0. The van der Waals surface area contributed by atoms with Gasteiger partial charge in [0.15, 0.2) is 0 Å². The van der Waals surface area contributed by atoms with Gasteiger partial charge in [-0.3, -0.25) is 9.78 Å². The fourth-order valence-electron chi connectivity index (χ4n) is 3.99. The summed E-state index contributed by atoms with van der Waals surface area (Å²) in [4.78, 5) is 17.1. The zero-order valence-corrected chi connectivity index (χ0v) is 15.0. The molecule has 0 bridgehead atoms. The number of nitrogens with zero attached hydrogens (tertiary/aromatic N) is 1. The summed E-state index contributed by atoms with van der Waals surface area (Å²) in [6.45, 7) is 3.51. The lowest BCUT2D eigenvalue weighted by Gasteiger charge is -2.38. The average Bonchev–Trinajstić information content (AvgIpc) is 2.66. The molecule has 4 rings (SSSR count). The zero-order chi connectivity index (χ0) is 19.0. The first kappa shape index (κ1) is 17.8. The smallest absolute Gasteiger partial charge is 0.136 e.